The summed E-state index contributed by atoms with van der Waals surface area (Å²) in [4.78, 5) is 27.5. The van der Waals surface area contributed by atoms with Gasteiger partial charge in [-0.3, -0.25) is 15.0 Å². The molecular weight excluding hydrogens is 532 g/mol. The van der Waals surface area contributed by atoms with Gasteiger partial charge in [0.15, 0.2) is 12.4 Å². The number of likely N-dealkylation sites (N-methyl/N-ethyl adjacent to an activating group) is 1. The summed E-state index contributed by atoms with van der Waals surface area (Å²) in [5.41, 5.74) is 4.77. The molecule has 0 unspecified atom stereocenters. The lowest BCUT2D eigenvalue weighted by Crippen LogP contribution is -2.37. The summed E-state index contributed by atoms with van der Waals surface area (Å²) in [6.45, 7) is 6.72. The van der Waals surface area contributed by atoms with Crippen LogP contribution in [0.2, 0.25) is 0 Å². The number of hydrogen-bond donors (Lipinski definition) is 1. The highest BCUT2D eigenvalue weighted by atomic mass is 79.9. The van der Waals surface area contributed by atoms with Gasteiger partial charge in [-0.2, -0.15) is 0 Å². The van der Waals surface area contributed by atoms with Crippen LogP contribution in [0, 0.1) is 5.41 Å². The standard InChI is InChI=1S/C29H30N4O3.BrH/c1-29(2,3)21-14-20(15-24-27(21)36-18-26(35)31(24)4)25(34)17-33-23-13-9-8-12-22(23)32(28(33)30)16-19-10-6-5-7-11-19;/h5-15,30H,16-18H2,1-4H3;1H. The highest BCUT2D eigenvalue weighted by Gasteiger charge is 2.31. The first-order chi connectivity index (χ1) is 17.1. The van der Waals surface area contributed by atoms with Crippen molar-refractivity contribution < 1.29 is 14.3 Å². The smallest absolute Gasteiger partial charge is 0.264 e. The summed E-state index contributed by atoms with van der Waals surface area (Å²) >= 11 is 0. The van der Waals surface area contributed by atoms with Crippen molar-refractivity contribution >= 4 is 45.4 Å². The Bertz CT molecular complexity index is 1550. The highest BCUT2D eigenvalue weighted by Crippen LogP contribution is 2.41. The van der Waals surface area contributed by atoms with Gasteiger partial charge in [-0.05, 0) is 35.2 Å². The Morgan fingerprint density at radius 2 is 1.59 bits per heavy atom. The Kier molecular flexibility index (Phi) is 7.15. The lowest BCUT2D eigenvalue weighted by atomic mass is 9.84. The first kappa shape index (κ1) is 26.4. The number of amides is 1. The molecule has 4 aromatic rings. The molecule has 1 aromatic heterocycles. The van der Waals surface area contributed by atoms with E-state index in [0.717, 1.165) is 22.2 Å². The number of Topliss-reactive ketones (excluding diaryl/α,β-unsaturated/α-hetero) is 1. The Balaban J connectivity index is 0.00000320. The van der Waals surface area contributed by atoms with E-state index in [1.807, 2.05) is 65.2 Å². The monoisotopic (exact) mass is 562 g/mol. The van der Waals surface area contributed by atoms with Crippen LogP contribution >= 0.6 is 17.0 Å². The van der Waals surface area contributed by atoms with E-state index in [2.05, 4.69) is 20.8 Å². The summed E-state index contributed by atoms with van der Waals surface area (Å²) in [7, 11) is 1.71. The van der Waals surface area contributed by atoms with Crippen molar-refractivity contribution in [1.82, 2.24) is 9.13 Å². The molecule has 0 aliphatic carbocycles. The lowest BCUT2D eigenvalue weighted by molar-refractivity contribution is -0.121. The number of imidazole rings is 1. The lowest BCUT2D eigenvalue weighted by Gasteiger charge is -2.32. The third-order valence-corrected chi connectivity index (χ3v) is 6.73. The molecule has 2 heterocycles. The fourth-order valence-corrected chi connectivity index (χ4v) is 4.71. The predicted octanol–water partition coefficient (Wildman–Crippen LogP) is 5.08. The van der Waals surface area contributed by atoms with Crippen LogP contribution < -0.4 is 15.3 Å². The van der Waals surface area contributed by atoms with Crippen molar-refractivity contribution in [2.45, 2.75) is 39.3 Å². The van der Waals surface area contributed by atoms with Gasteiger partial charge >= 0.3 is 0 Å². The third-order valence-electron chi connectivity index (χ3n) is 6.73. The maximum atomic E-state index is 13.7. The minimum absolute atomic E-state index is 0. The molecule has 5 rings (SSSR count). The number of rotatable bonds is 5. The zero-order valence-electron chi connectivity index (χ0n) is 21.4. The Morgan fingerprint density at radius 3 is 2.24 bits per heavy atom. The van der Waals surface area contributed by atoms with Crippen LogP contribution in [-0.4, -0.2) is 34.5 Å². The van der Waals surface area contributed by atoms with Gasteiger partial charge in [0.2, 0.25) is 5.62 Å². The minimum atomic E-state index is -0.291. The molecule has 1 aliphatic heterocycles. The number of nitrogens with one attached hydrogen (secondary N) is 1. The number of halogens is 1. The van der Waals surface area contributed by atoms with Gasteiger partial charge < -0.3 is 18.8 Å². The zero-order valence-corrected chi connectivity index (χ0v) is 23.2. The molecular formula is C29H31BrN4O3. The summed E-state index contributed by atoms with van der Waals surface area (Å²) < 4.78 is 9.49. The van der Waals surface area contributed by atoms with Gasteiger partial charge in [0.25, 0.3) is 5.91 Å². The van der Waals surface area contributed by atoms with E-state index in [0.29, 0.717) is 23.5 Å². The van der Waals surface area contributed by atoms with Gasteiger partial charge in [0.1, 0.15) is 5.75 Å². The molecule has 1 N–H and O–H groups in total. The number of ketones is 1. The molecule has 0 saturated heterocycles. The van der Waals surface area contributed by atoms with E-state index in [1.165, 1.54) is 0 Å². The van der Waals surface area contributed by atoms with E-state index in [9.17, 15) is 9.59 Å². The molecule has 0 spiro atoms. The molecule has 3 aromatic carbocycles. The maximum Gasteiger partial charge on any atom is 0.264 e. The number of para-hydroxylation sites is 2. The van der Waals surface area contributed by atoms with Crippen molar-refractivity contribution in [3.63, 3.8) is 0 Å². The largest absolute Gasteiger partial charge is 0.481 e. The van der Waals surface area contributed by atoms with Crippen LogP contribution in [0.5, 0.6) is 5.75 Å². The average molecular weight is 563 g/mol. The minimum Gasteiger partial charge on any atom is -0.481 e. The molecule has 1 aliphatic rings. The third kappa shape index (κ3) is 4.85. The van der Waals surface area contributed by atoms with E-state index in [-0.39, 0.29) is 52.9 Å². The molecule has 37 heavy (non-hydrogen) atoms. The van der Waals surface area contributed by atoms with E-state index in [1.54, 1.807) is 22.6 Å². The maximum absolute atomic E-state index is 13.7. The summed E-state index contributed by atoms with van der Waals surface area (Å²) in [5, 5.41) is 8.93. The second kappa shape index (κ2) is 10.0. The van der Waals surface area contributed by atoms with Crippen LogP contribution in [0.3, 0.4) is 0 Å². The topological polar surface area (TPSA) is 80.3 Å². The number of benzene rings is 3. The van der Waals surface area contributed by atoms with Crippen molar-refractivity contribution in [2.75, 3.05) is 18.6 Å². The van der Waals surface area contributed by atoms with Crippen molar-refractivity contribution in [3.05, 3.63) is 89.0 Å². The molecule has 7 nitrogen and oxygen atoms in total. The summed E-state index contributed by atoms with van der Waals surface area (Å²) in [6, 6.07) is 21.4. The zero-order chi connectivity index (χ0) is 25.6. The fraction of sp³-hybridized carbons (Fsp3) is 0.276. The number of hydrogen-bond acceptors (Lipinski definition) is 4. The van der Waals surface area contributed by atoms with Gasteiger partial charge in [-0.1, -0.05) is 63.2 Å². The number of carbonyl (C=O) groups is 2. The first-order valence-corrected chi connectivity index (χ1v) is 12.0. The molecule has 0 atom stereocenters. The number of aromatic nitrogens is 2. The van der Waals surface area contributed by atoms with E-state index < -0.39 is 0 Å². The predicted molar refractivity (Wildman–Crippen MR) is 150 cm³/mol. The van der Waals surface area contributed by atoms with Gasteiger partial charge in [0.05, 0.1) is 29.8 Å². The second-order valence-corrected chi connectivity index (χ2v) is 10.3. The Hall–Kier alpha value is -3.65. The van der Waals surface area contributed by atoms with Crippen LogP contribution in [0.15, 0.2) is 66.7 Å². The van der Waals surface area contributed by atoms with Gasteiger partial charge in [0, 0.05) is 18.2 Å². The molecule has 0 bridgehead atoms. The highest BCUT2D eigenvalue weighted by molar-refractivity contribution is 8.93. The second-order valence-electron chi connectivity index (χ2n) is 10.3. The number of anilines is 1. The molecule has 192 valence electrons. The van der Waals surface area contributed by atoms with Crippen LogP contribution in [0.25, 0.3) is 11.0 Å². The fourth-order valence-electron chi connectivity index (χ4n) is 4.71. The number of fused-ring (bicyclic) bond motifs is 2. The molecule has 0 saturated carbocycles. The molecule has 1 amide bonds. The molecule has 0 fully saturated rings. The number of carbonyl (C=O) groups excluding carboxylic acids is 2. The first-order valence-electron chi connectivity index (χ1n) is 12.0. The van der Waals surface area contributed by atoms with Crippen LogP contribution in [0.1, 0.15) is 42.3 Å². The SMILES string of the molecule is Br.CN1C(=O)COc2c1cc(C(=O)Cn1c(=N)n(Cc3ccccc3)c3ccccc31)cc2C(C)(C)C. The quantitative estimate of drug-likeness (QED) is 0.344. The average Bonchev–Trinajstić information content (AvgIpc) is 3.11. The normalized spacial score (nSPS) is 13.2. The van der Waals surface area contributed by atoms with Crippen molar-refractivity contribution in [3.8, 4) is 5.75 Å². The molecule has 0 radical (unpaired) electrons. The summed E-state index contributed by atoms with van der Waals surface area (Å²) in [6.07, 6.45) is 0. The van der Waals surface area contributed by atoms with Crippen LogP contribution in [-0.2, 0) is 23.3 Å². The van der Waals surface area contributed by atoms with Gasteiger partial charge in [-0.15, -0.1) is 17.0 Å². The van der Waals surface area contributed by atoms with Crippen LogP contribution in [0.4, 0.5) is 5.69 Å². The summed E-state index contributed by atoms with van der Waals surface area (Å²) in [5.74, 6) is 0.365. The molecule has 8 heteroatoms. The number of nitrogens with zero attached hydrogens (tertiary/aromatic N) is 3. The number of ether oxygens (including phenoxy) is 1. The Labute approximate surface area is 226 Å². The van der Waals surface area contributed by atoms with E-state index >= 15 is 0 Å². The van der Waals surface area contributed by atoms with Crippen molar-refractivity contribution in [2.24, 2.45) is 0 Å². The van der Waals surface area contributed by atoms with E-state index in [4.69, 9.17) is 10.1 Å². The van der Waals surface area contributed by atoms with Gasteiger partial charge in [-0.25, -0.2) is 0 Å². The Morgan fingerprint density at radius 1 is 0.973 bits per heavy atom. The van der Waals surface area contributed by atoms with Crippen molar-refractivity contribution in [1.29, 1.82) is 5.41 Å².